The summed E-state index contributed by atoms with van der Waals surface area (Å²) in [5, 5.41) is 22.4. The molecule has 8 nitrogen and oxygen atoms in total. The summed E-state index contributed by atoms with van der Waals surface area (Å²) in [4.78, 5) is 14.9. The first-order valence-electron chi connectivity index (χ1n) is 14.7. The normalized spacial score (nSPS) is 14.4. The van der Waals surface area contributed by atoms with E-state index in [1.807, 2.05) is 53.2 Å². The Kier molecular flexibility index (Phi) is 8.99. The van der Waals surface area contributed by atoms with Crippen LogP contribution < -0.4 is 5.14 Å². The lowest BCUT2D eigenvalue weighted by atomic mass is 9.84. The summed E-state index contributed by atoms with van der Waals surface area (Å²) in [5.74, 6) is -0.219. The number of nitrogens with two attached hydrogens (primary N) is 1. The summed E-state index contributed by atoms with van der Waals surface area (Å²) in [5.41, 5.74) is 5.42. The van der Waals surface area contributed by atoms with Crippen molar-refractivity contribution < 1.29 is 18.3 Å². The third kappa shape index (κ3) is 6.64. The Bertz CT molecular complexity index is 1910. The van der Waals surface area contributed by atoms with Crippen molar-refractivity contribution in [2.75, 3.05) is 19.7 Å². The number of rotatable bonds is 8. The number of nitrogens with zero attached hydrogens (tertiary/aromatic N) is 3. The predicted octanol–water partition coefficient (Wildman–Crippen LogP) is 6.18. The lowest BCUT2D eigenvalue weighted by molar-refractivity contribution is 0.0712. The molecule has 232 valence electrons. The number of aliphatic hydroxyl groups excluding tert-OH is 1. The first kappa shape index (κ1) is 31.3. The van der Waals surface area contributed by atoms with Crippen molar-refractivity contribution in [2.24, 2.45) is 5.14 Å². The Morgan fingerprint density at radius 2 is 1.49 bits per heavy atom. The molecule has 0 unspecified atom stereocenters. The zero-order valence-corrected chi connectivity index (χ0v) is 26.6. The molecule has 0 spiro atoms. The van der Waals surface area contributed by atoms with Crippen LogP contribution in [0.25, 0.3) is 10.9 Å². The minimum atomic E-state index is -3.92. The number of aliphatic hydroxyl groups is 1. The molecule has 1 aliphatic heterocycles. The molecule has 1 aliphatic rings. The third-order valence-electron chi connectivity index (χ3n) is 8.43. The number of carbonyl (C=O) groups excluding carboxylic acids is 1. The van der Waals surface area contributed by atoms with E-state index in [9.17, 15) is 18.3 Å². The van der Waals surface area contributed by atoms with E-state index in [0.717, 1.165) is 33.3 Å². The fourth-order valence-electron chi connectivity index (χ4n) is 6.20. The molecule has 11 heteroatoms. The number of sulfonamides is 1. The van der Waals surface area contributed by atoms with Gasteiger partial charge < -0.3 is 10.0 Å². The van der Waals surface area contributed by atoms with Crippen molar-refractivity contribution in [3.8, 4) is 0 Å². The molecule has 0 atom stereocenters. The zero-order valence-electron chi connectivity index (χ0n) is 24.3. The fraction of sp³-hybridized carbons (Fsp3) is 0.235. The number of fused-ring (bicyclic) bond motifs is 1. The highest BCUT2D eigenvalue weighted by atomic mass is 35.5. The minimum absolute atomic E-state index is 0.0410. The molecule has 1 amide bonds. The molecule has 1 fully saturated rings. The van der Waals surface area contributed by atoms with Crippen LogP contribution in [-0.2, 0) is 16.6 Å². The van der Waals surface area contributed by atoms with E-state index in [-0.39, 0.29) is 34.8 Å². The average Bonchev–Trinajstić information content (AvgIpc) is 3.40. The number of benzene rings is 4. The van der Waals surface area contributed by atoms with E-state index in [2.05, 4.69) is 18.2 Å². The van der Waals surface area contributed by atoms with Gasteiger partial charge in [-0.15, -0.1) is 0 Å². The topological polar surface area (TPSA) is 119 Å². The standard InChI is InChI=1S/C34H32Cl2N4O4S/c35-27-9-4-22(5-10-27)32(23-6-11-28(36)12-7-23)25-8-13-31-30(21-25)33(38-40(31)18-19-41)24-14-16-39(17-15-24)34(42)26-2-1-3-29(20-26)45(37,43)44/h1-13,20-21,24,32,41H,14-19H2,(H2,37,43,44). The number of carbonyl (C=O) groups is 1. The summed E-state index contributed by atoms with van der Waals surface area (Å²) in [6.45, 7) is 1.32. The second-order valence-electron chi connectivity index (χ2n) is 11.3. The summed E-state index contributed by atoms with van der Waals surface area (Å²) in [7, 11) is -3.92. The van der Waals surface area contributed by atoms with E-state index in [0.29, 0.717) is 42.5 Å². The maximum atomic E-state index is 13.3. The Balaban J connectivity index is 1.32. The van der Waals surface area contributed by atoms with Gasteiger partial charge in [-0.25, -0.2) is 13.6 Å². The van der Waals surface area contributed by atoms with Crippen molar-refractivity contribution in [3.05, 3.63) is 129 Å². The van der Waals surface area contributed by atoms with E-state index in [1.54, 1.807) is 11.0 Å². The van der Waals surface area contributed by atoms with E-state index < -0.39 is 10.0 Å². The molecule has 2 heterocycles. The van der Waals surface area contributed by atoms with Gasteiger partial charge in [0.05, 0.1) is 29.3 Å². The van der Waals surface area contributed by atoms with Gasteiger partial charge in [0.25, 0.3) is 5.91 Å². The number of aromatic nitrogens is 2. The van der Waals surface area contributed by atoms with Crippen LogP contribution in [0.15, 0.2) is 95.9 Å². The smallest absolute Gasteiger partial charge is 0.253 e. The summed E-state index contributed by atoms with van der Waals surface area (Å²) in [6.07, 6.45) is 1.38. The highest BCUT2D eigenvalue weighted by molar-refractivity contribution is 7.89. The minimum Gasteiger partial charge on any atom is -0.394 e. The lowest BCUT2D eigenvalue weighted by Gasteiger charge is -2.31. The molecule has 1 aromatic heterocycles. The number of piperidine rings is 1. The summed E-state index contributed by atoms with van der Waals surface area (Å²) >= 11 is 12.5. The molecular weight excluding hydrogens is 631 g/mol. The highest BCUT2D eigenvalue weighted by Crippen LogP contribution is 2.38. The second kappa shape index (κ2) is 12.9. The Hall–Kier alpha value is -3.73. The van der Waals surface area contributed by atoms with Crippen LogP contribution in [0.1, 0.15) is 57.4 Å². The van der Waals surface area contributed by atoms with Gasteiger partial charge in [-0.1, -0.05) is 59.6 Å². The molecule has 0 aliphatic carbocycles. The number of halogens is 2. The quantitative estimate of drug-likeness (QED) is 0.192. The largest absolute Gasteiger partial charge is 0.394 e. The van der Waals surface area contributed by atoms with Crippen LogP contribution >= 0.6 is 23.2 Å². The average molecular weight is 664 g/mol. The van der Waals surface area contributed by atoms with E-state index in [4.69, 9.17) is 33.4 Å². The van der Waals surface area contributed by atoms with Crippen molar-refractivity contribution in [1.82, 2.24) is 14.7 Å². The van der Waals surface area contributed by atoms with Crippen LogP contribution in [0.4, 0.5) is 0 Å². The van der Waals surface area contributed by atoms with Crippen LogP contribution in [0.2, 0.25) is 10.0 Å². The molecule has 0 radical (unpaired) electrons. The molecule has 0 saturated carbocycles. The summed E-state index contributed by atoms with van der Waals surface area (Å²) < 4.78 is 25.5. The SMILES string of the molecule is NS(=O)(=O)c1cccc(C(=O)N2CCC(c3nn(CCO)c4ccc(C(c5ccc(Cl)cc5)c5ccc(Cl)cc5)cc34)CC2)c1. The van der Waals surface area contributed by atoms with Gasteiger partial charge in [-0.3, -0.25) is 9.48 Å². The van der Waals surface area contributed by atoms with Gasteiger partial charge in [0.1, 0.15) is 0 Å². The Morgan fingerprint density at radius 1 is 0.889 bits per heavy atom. The number of primary sulfonamides is 1. The number of likely N-dealkylation sites (tertiary alicyclic amines) is 1. The van der Waals surface area contributed by atoms with Gasteiger partial charge >= 0.3 is 0 Å². The van der Waals surface area contributed by atoms with Crippen molar-refractivity contribution in [1.29, 1.82) is 0 Å². The summed E-state index contributed by atoms with van der Waals surface area (Å²) in [6, 6.07) is 27.9. The van der Waals surface area contributed by atoms with Crippen molar-refractivity contribution >= 4 is 50.0 Å². The monoisotopic (exact) mass is 662 g/mol. The van der Waals surface area contributed by atoms with Gasteiger partial charge in [0.2, 0.25) is 10.0 Å². The molecule has 0 bridgehead atoms. The maximum Gasteiger partial charge on any atom is 0.253 e. The molecular formula is C34H32Cl2N4O4S. The predicted molar refractivity (Wildman–Crippen MR) is 176 cm³/mol. The maximum absolute atomic E-state index is 13.3. The van der Waals surface area contributed by atoms with Crippen LogP contribution in [0.5, 0.6) is 0 Å². The number of hydrogen-bond acceptors (Lipinski definition) is 5. The molecule has 45 heavy (non-hydrogen) atoms. The highest BCUT2D eigenvalue weighted by Gasteiger charge is 2.29. The van der Waals surface area contributed by atoms with E-state index in [1.165, 1.54) is 18.2 Å². The van der Waals surface area contributed by atoms with Crippen molar-refractivity contribution in [2.45, 2.75) is 36.1 Å². The Morgan fingerprint density at radius 3 is 2.07 bits per heavy atom. The molecule has 3 N–H and O–H groups in total. The van der Waals surface area contributed by atoms with Gasteiger partial charge in [-0.05, 0) is 84.1 Å². The van der Waals surface area contributed by atoms with Crippen LogP contribution in [0.3, 0.4) is 0 Å². The molecule has 5 aromatic rings. The van der Waals surface area contributed by atoms with Gasteiger partial charge in [-0.2, -0.15) is 5.10 Å². The second-order valence-corrected chi connectivity index (χ2v) is 13.7. The number of amides is 1. The Labute approximate surface area is 272 Å². The first-order chi connectivity index (χ1) is 21.6. The zero-order chi connectivity index (χ0) is 31.7. The molecule has 1 saturated heterocycles. The van der Waals surface area contributed by atoms with Gasteiger partial charge in [0.15, 0.2) is 0 Å². The molecule has 4 aromatic carbocycles. The van der Waals surface area contributed by atoms with Crippen LogP contribution in [-0.4, -0.2) is 53.8 Å². The van der Waals surface area contributed by atoms with Gasteiger partial charge in [0, 0.05) is 45.9 Å². The molecule has 6 rings (SSSR count). The third-order valence-corrected chi connectivity index (χ3v) is 9.85. The lowest BCUT2D eigenvalue weighted by Crippen LogP contribution is -2.38. The van der Waals surface area contributed by atoms with E-state index >= 15 is 0 Å². The first-order valence-corrected chi connectivity index (χ1v) is 17.0. The van der Waals surface area contributed by atoms with Crippen LogP contribution in [0, 0.1) is 0 Å². The fourth-order valence-corrected chi connectivity index (χ4v) is 7.01. The van der Waals surface area contributed by atoms with Crippen molar-refractivity contribution in [3.63, 3.8) is 0 Å². The number of hydrogen-bond donors (Lipinski definition) is 2.